The van der Waals surface area contributed by atoms with E-state index in [1.807, 2.05) is 13.8 Å². The molecule has 0 radical (unpaired) electrons. The molecule has 1 heterocycles. The third-order valence-corrected chi connectivity index (χ3v) is 9.83. The first kappa shape index (κ1) is 17.2. The Morgan fingerprint density at radius 3 is 2.14 bits per heavy atom. The first-order valence-corrected chi connectivity index (χ1v) is 11.0. The first-order chi connectivity index (χ1) is 9.39. The lowest BCUT2D eigenvalue weighted by molar-refractivity contribution is -0.159. The largest absolute Gasteiger partial charge is 0.407 e. The van der Waals surface area contributed by atoms with Crippen LogP contribution in [0.15, 0.2) is 11.6 Å². The molecule has 122 valence electrons. The van der Waals surface area contributed by atoms with Crippen LogP contribution in [0.5, 0.6) is 0 Å². The summed E-state index contributed by atoms with van der Waals surface area (Å²) in [4.78, 5) is 0. The quantitative estimate of drug-likeness (QED) is 0.555. The van der Waals surface area contributed by atoms with Gasteiger partial charge >= 0.3 is 0 Å². The van der Waals surface area contributed by atoms with Crippen LogP contribution in [-0.2, 0) is 13.9 Å². The summed E-state index contributed by atoms with van der Waals surface area (Å²) in [7, 11) is -1.84. The van der Waals surface area contributed by atoms with Crippen molar-refractivity contribution in [2.24, 2.45) is 5.92 Å². The monoisotopic (exact) mass is 312 g/mol. The van der Waals surface area contributed by atoms with Gasteiger partial charge in [-0.3, -0.25) is 0 Å². The molecule has 1 aliphatic carbocycles. The van der Waals surface area contributed by atoms with Gasteiger partial charge in [-0.05, 0) is 44.5 Å². The van der Waals surface area contributed by atoms with Crippen molar-refractivity contribution in [2.45, 2.75) is 90.7 Å². The fraction of sp³-hybridized carbons (Fsp3) is 0.882. The third-order valence-electron chi connectivity index (χ3n) is 5.37. The lowest BCUT2D eigenvalue weighted by Gasteiger charge is -2.40. The Balaban J connectivity index is 2.29. The van der Waals surface area contributed by atoms with Gasteiger partial charge in [0.05, 0.1) is 12.2 Å². The molecular formula is C17H32O3Si. The van der Waals surface area contributed by atoms with Crippen LogP contribution in [-0.4, -0.2) is 32.4 Å². The van der Waals surface area contributed by atoms with Gasteiger partial charge in [0.2, 0.25) is 0 Å². The summed E-state index contributed by atoms with van der Waals surface area (Å²) in [5, 5.41) is 0.197. The van der Waals surface area contributed by atoms with Crippen LogP contribution in [0.1, 0.15) is 48.5 Å². The second-order valence-electron chi connectivity index (χ2n) is 8.44. The zero-order valence-electron chi connectivity index (χ0n) is 15.1. The number of hydrogen-bond acceptors (Lipinski definition) is 3. The maximum atomic E-state index is 6.71. The van der Waals surface area contributed by atoms with E-state index in [1.54, 1.807) is 0 Å². The first-order valence-electron chi connectivity index (χ1n) is 8.09. The summed E-state index contributed by atoms with van der Waals surface area (Å²) in [5.41, 5.74) is 1.34. The van der Waals surface area contributed by atoms with Crippen LogP contribution in [0.25, 0.3) is 0 Å². The highest BCUT2D eigenvalue weighted by Gasteiger charge is 2.57. The molecule has 2 aliphatic rings. The van der Waals surface area contributed by atoms with E-state index in [0.717, 1.165) is 0 Å². The predicted octanol–water partition coefficient (Wildman–Crippen LogP) is 4.49. The number of rotatable bonds is 2. The zero-order valence-corrected chi connectivity index (χ0v) is 16.1. The van der Waals surface area contributed by atoms with E-state index in [0.29, 0.717) is 5.92 Å². The molecule has 0 amide bonds. The van der Waals surface area contributed by atoms with E-state index >= 15 is 0 Å². The highest BCUT2D eigenvalue weighted by Crippen LogP contribution is 2.48. The molecule has 0 spiro atoms. The van der Waals surface area contributed by atoms with E-state index in [2.05, 4.69) is 53.8 Å². The lowest BCUT2D eigenvalue weighted by Crippen LogP contribution is -2.47. The van der Waals surface area contributed by atoms with Gasteiger partial charge in [0.1, 0.15) is 6.10 Å². The summed E-state index contributed by atoms with van der Waals surface area (Å²) in [5.74, 6) is -0.144. The van der Waals surface area contributed by atoms with Crippen molar-refractivity contribution in [1.82, 2.24) is 0 Å². The van der Waals surface area contributed by atoms with Crippen LogP contribution in [0.3, 0.4) is 0 Å². The van der Waals surface area contributed by atoms with Crippen molar-refractivity contribution in [3.05, 3.63) is 11.6 Å². The van der Waals surface area contributed by atoms with Crippen LogP contribution in [0.2, 0.25) is 18.1 Å². The molecule has 21 heavy (non-hydrogen) atoms. The van der Waals surface area contributed by atoms with Crippen LogP contribution >= 0.6 is 0 Å². The highest BCUT2D eigenvalue weighted by molar-refractivity contribution is 6.74. The molecule has 4 atom stereocenters. The minimum atomic E-state index is -1.84. The third kappa shape index (κ3) is 3.00. The predicted molar refractivity (Wildman–Crippen MR) is 88.8 cm³/mol. The summed E-state index contributed by atoms with van der Waals surface area (Å²) < 4.78 is 19.0. The Morgan fingerprint density at radius 1 is 1.14 bits per heavy atom. The molecule has 0 unspecified atom stereocenters. The molecule has 3 nitrogen and oxygen atoms in total. The number of ether oxygens (including phenoxy) is 2. The molecule has 2 rings (SSSR count). The number of fused-ring (bicyclic) bond motifs is 1. The number of hydrogen-bond donors (Lipinski definition) is 0. The molecule has 0 bridgehead atoms. The summed E-state index contributed by atoms with van der Waals surface area (Å²) in [6, 6.07) is 0. The maximum Gasteiger partial charge on any atom is 0.193 e. The Kier molecular flexibility index (Phi) is 4.25. The second-order valence-corrected chi connectivity index (χ2v) is 13.2. The summed E-state index contributed by atoms with van der Waals surface area (Å²) >= 11 is 0. The van der Waals surface area contributed by atoms with Crippen molar-refractivity contribution in [2.75, 3.05) is 0 Å². The summed E-state index contributed by atoms with van der Waals surface area (Å²) in [6.07, 6.45) is 2.37. The molecule has 0 aromatic rings. The molecule has 1 saturated carbocycles. The van der Waals surface area contributed by atoms with Crippen molar-refractivity contribution in [3.8, 4) is 0 Å². The van der Waals surface area contributed by atoms with Gasteiger partial charge in [0.25, 0.3) is 0 Å². The van der Waals surface area contributed by atoms with E-state index in [9.17, 15) is 0 Å². The zero-order chi connectivity index (χ0) is 16.2. The molecule has 0 aromatic heterocycles. The molecule has 2 fully saturated rings. The molecule has 1 aliphatic heterocycles. The smallest absolute Gasteiger partial charge is 0.193 e. The fourth-order valence-corrected chi connectivity index (χ4v) is 4.39. The minimum Gasteiger partial charge on any atom is -0.407 e. The van der Waals surface area contributed by atoms with Gasteiger partial charge in [-0.2, -0.15) is 0 Å². The average molecular weight is 313 g/mol. The topological polar surface area (TPSA) is 27.7 Å². The van der Waals surface area contributed by atoms with Crippen LogP contribution in [0.4, 0.5) is 0 Å². The van der Waals surface area contributed by atoms with E-state index < -0.39 is 14.1 Å². The minimum absolute atomic E-state index is 0.0234. The highest BCUT2D eigenvalue weighted by atomic mass is 28.4. The second kappa shape index (κ2) is 5.19. The molecule has 4 heteroatoms. The lowest BCUT2D eigenvalue weighted by atomic mass is 10.0. The Labute approximate surface area is 131 Å². The fourth-order valence-electron chi connectivity index (χ4n) is 3.13. The average Bonchev–Trinajstić information content (AvgIpc) is 2.72. The number of allylic oxidation sites excluding steroid dienone is 1. The van der Waals surface area contributed by atoms with Crippen LogP contribution < -0.4 is 0 Å². The Bertz CT molecular complexity index is 434. The van der Waals surface area contributed by atoms with Crippen molar-refractivity contribution >= 4 is 8.32 Å². The molecule has 0 N–H and O–H groups in total. The van der Waals surface area contributed by atoms with Gasteiger partial charge in [0.15, 0.2) is 14.1 Å². The van der Waals surface area contributed by atoms with Crippen molar-refractivity contribution < 1.29 is 13.9 Å². The molecule has 0 aromatic carbocycles. The van der Waals surface area contributed by atoms with E-state index in [4.69, 9.17) is 13.9 Å². The Hall–Kier alpha value is -0.163. The summed E-state index contributed by atoms with van der Waals surface area (Å²) in [6.45, 7) is 19.8. The molecular weight excluding hydrogens is 280 g/mol. The Morgan fingerprint density at radius 2 is 1.67 bits per heavy atom. The van der Waals surface area contributed by atoms with Gasteiger partial charge in [-0.25, -0.2) is 0 Å². The van der Waals surface area contributed by atoms with Gasteiger partial charge in [0, 0.05) is 5.92 Å². The van der Waals surface area contributed by atoms with Gasteiger partial charge in [-0.1, -0.05) is 33.8 Å². The van der Waals surface area contributed by atoms with E-state index in [1.165, 1.54) is 5.57 Å². The van der Waals surface area contributed by atoms with Gasteiger partial charge in [-0.15, -0.1) is 0 Å². The molecule has 1 saturated heterocycles. The normalized spacial score (nSPS) is 38.0. The maximum absolute atomic E-state index is 6.71. The van der Waals surface area contributed by atoms with E-state index in [-0.39, 0.29) is 23.4 Å². The SMILES string of the molecule is C/C=C1/[C@@H](C)[C@@H]2OC(C)(C)O[C@@H]2[C@@H]1O[Si](C)(C)C(C)(C)C. The van der Waals surface area contributed by atoms with Crippen molar-refractivity contribution in [1.29, 1.82) is 0 Å². The van der Waals surface area contributed by atoms with Crippen LogP contribution in [0, 0.1) is 5.92 Å². The standard InChI is InChI=1S/C17H32O3Si/c1-10-12-11(2)13-15(19-17(6,7)18-13)14(12)20-21(8,9)16(3,4)5/h10-11,13-15H,1-9H3/b12-10-/t11-,13+,14-,15+/m1/s1. The van der Waals surface area contributed by atoms with Gasteiger partial charge < -0.3 is 13.9 Å². The van der Waals surface area contributed by atoms with Crippen molar-refractivity contribution in [3.63, 3.8) is 0 Å².